The summed E-state index contributed by atoms with van der Waals surface area (Å²) >= 11 is 0. The van der Waals surface area contributed by atoms with E-state index in [0.29, 0.717) is 6.54 Å². The standard InChI is InChI=1S/C16H18FNO/c1-12(19)14-5-9-16(10-6-14)18(2)11-13-3-7-15(17)8-4-13/h3-10,12,19H,11H2,1-2H3/t12-/m1/s1. The Morgan fingerprint density at radius 3 is 2.16 bits per heavy atom. The van der Waals surface area contributed by atoms with Crippen LogP contribution in [0.1, 0.15) is 24.2 Å². The zero-order valence-electron chi connectivity index (χ0n) is 11.2. The lowest BCUT2D eigenvalue weighted by atomic mass is 10.1. The van der Waals surface area contributed by atoms with Crippen molar-refractivity contribution in [2.45, 2.75) is 19.6 Å². The van der Waals surface area contributed by atoms with E-state index in [9.17, 15) is 9.50 Å². The first-order chi connectivity index (χ1) is 9.06. The number of aliphatic hydroxyl groups is 1. The highest BCUT2D eigenvalue weighted by Gasteiger charge is 2.04. The molecule has 0 fully saturated rings. The highest BCUT2D eigenvalue weighted by molar-refractivity contribution is 5.47. The van der Waals surface area contributed by atoms with Crippen LogP contribution >= 0.6 is 0 Å². The quantitative estimate of drug-likeness (QED) is 0.908. The Morgan fingerprint density at radius 2 is 1.63 bits per heavy atom. The maximum absolute atomic E-state index is 12.8. The number of halogens is 1. The van der Waals surface area contributed by atoms with Gasteiger partial charge in [-0.3, -0.25) is 0 Å². The van der Waals surface area contributed by atoms with Crippen LogP contribution in [0.2, 0.25) is 0 Å². The number of hydrogen-bond donors (Lipinski definition) is 1. The van der Waals surface area contributed by atoms with E-state index in [0.717, 1.165) is 16.8 Å². The van der Waals surface area contributed by atoms with Gasteiger partial charge in [-0.25, -0.2) is 4.39 Å². The van der Waals surface area contributed by atoms with Crippen molar-refractivity contribution in [3.8, 4) is 0 Å². The number of rotatable bonds is 4. The molecule has 0 aromatic heterocycles. The van der Waals surface area contributed by atoms with Crippen molar-refractivity contribution in [1.82, 2.24) is 0 Å². The van der Waals surface area contributed by atoms with Crippen LogP contribution in [0.3, 0.4) is 0 Å². The summed E-state index contributed by atoms with van der Waals surface area (Å²) in [4.78, 5) is 2.08. The second-order valence-electron chi connectivity index (χ2n) is 4.75. The molecule has 19 heavy (non-hydrogen) atoms. The molecule has 3 heteroatoms. The SMILES string of the molecule is C[C@@H](O)c1ccc(N(C)Cc2ccc(F)cc2)cc1. The average Bonchev–Trinajstić information content (AvgIpc) is 2.41. The number of hydrogen-bond acceptors (Lipinski definition) is 2. The van der Waals surface area contributed by atoms with Gasteiger partial charge in [-0.15, -0.1) is 0 Å². The summed E-state index contributed by atoms with van der Waals surface area (Å²) in [6.45, 7) is 2.46. The first-order valence-corrected chi connectivity index (χ1v) is 6.30. The Hall–Kier alpha value is -1.87. The minimum Gasteiger partial charge on any atom is -0.389 e. The molecule has 0 aliphatic rings. The summed E-state index contributed by atoms with van der Waals surface area (Å²) in [7, 11) is 1.99. The van der Waals surface area contributed by atoms with Crippen molar-refractivity contribution in [2.75, 3.05) is 11.9 Å². The zero-order chi connectivity index (χ0) is 13.8. The molecule has 2 aromatic carbocycles. The second kappa shape index (κ2) is 5.85. The molecule has 0 saturated carbocycles. The van der Waals surface area contributed by atoms with Crippen LogP contribution in [0.5, 0.6) is 0 Å². The third-order valence-corrected chi connectivity index (χ3v) is 3.15. The molecule has 2 nitrogen and oxygen atoms in total. The van der Waals surface area contributed by atoms with E-state index >= 15 is 0 Å². The average molecular weight is 259 g/mol. The van der Waals surface area contributed by atoms with Crippen LogP contribution in [0, 0.1) is 5.82 Å². The number of benzene rings is 2. The predicted molar refractivity (Wildman–Crippen MR) is 75.6 cm³/mol. The van der Waals surface area contributed by atoms with E-state index in [1.54, 1.807) is 19.1 Å². The van der Waals surface area contributed by atoms with E-state index in [-0.39, 0.29) is 5.82 Å². The molecule has 0 amide bonds. The molecule has 0 spiro atoms. The fraction of sp³-hybridized carbons (Fsp3) is 0.250. The largest absolute Gasteiger partial charge is 0.389 e. The number of aliphatic hydroxyl groups excluding tert-OH is 1. The molecule has 0 aliphatic carbocycles. The molecule has 100 valence electrons. The van der Waals surface area contributed by atoms with E-state index in [1.165, 1.54) is 12.1 Å². The Balaban J connectivity index is 2.07. The monoisotopic (exact) mass is 259 g/mol. The van der Waals surface area contributed by atoms with Gasteiger partial charge in [0.25, 0.3) is 0 Å². The van der Waals surface area contributed by atoms with Gasteiger partial charge in [-0.2, -0.15) is 0 Å². The molecule has 2 aromatic rings. The molecule has 2 rings (SSSR count). The second-order valence-corrected chi connectivity index (χ2v) is 4.75. The molecule has 0 radical (unpaired) electrons. The summed E-state index contributed by atoms with van der Waals surface area (Å²) in [5.41, 5.74) is 3.02. The minimum atomic E-state index is -0.448. The van der Waals surface area contributed by atoms with Crippen LogP contribution < -0.4 is 4.90 Å². The van der Waals surface area contributed by atoms with Gasteiger partial charge >= 0.3 is 0 Å². The Labute approximate surface area is 113 Å². The number of anilines is 1. The normalized spacial score (nSPS) is 12.2. The maximum Gasteiger partial charge on any atom is 0.123 e. The van der Waals surface area contributed by atoms with Crippen LogP contribution in [0.25, 0.3) is 0 Å². The molecule has 1 N–H and O–H groups in total. The van der Waals surface area contributed by atoms with Crippen molar-refractivity contribution in [3.05, 3.63) is 65.5 Å². The van der Waals surface area contributed by atoms with Crippen molar-refractivity contribution in [3.63, 3.8) is 0 Å². The van der Waals surface area contributed by atoms with E-state index in [1.807, 2.05) is 31.3 Å². The molecule has 0 bridgehead atoms. The maximum atomic E-state index is 12.8. The molecule has 0 heterocycles. The van der Waals surface area contributed by atoms with Crippen molar-refractivity contribution in [2.24, 2.45) is 0 Å². The predicted octanol–water partition coefficient (Wildman–Crippen LogP) is 3.52. The minimum absolute atomic E-state index is 0.215. The van der Waals surface area contributed by atoms with Gasteiger partial charge in [-0.1, -0.05) is 24.3 Å². The van der Waals surface area contributed by atoms with Crippen LogP contribution in [0.15, 0.2) is 48.5 Å². The molecular weight excluding hydrogens is 241 g/mol. The van der Waals surface area contributed by atoms with E-state index in [4.69, 9.17) is 0 Å². The Morgan fingerprint density at radius 1 is 1.05 bits per heavy atom. The lowest BCUT2D eigenvalue weighted by Crippen LogP contribution is -2.16. The number of nitrogens with zero attached hydrogens (tertiary/aromatic N) is 1. The molecule has 0 unspecified atom stereocenters. The molecule has 0 aliphatic heterocycles. The van der Waals surface area contributed by atoms with E-state index in [2.05, 4.69) is 4.90 Å². The third kappa shape index (κ3) is 3.55. The van der Waals surface area contributed by atoms with Crippen molar-refractivity contribution >= 4 is 5.69 Å². The van der Waals surface area contributed by atoms with Gasteiger partial charge in [-0.05, 0) is 42.3 Å². The van der Waals surface area contributed by atoms with Crippen LogP contribution in [-0.4, -0.2) is 12.2 Å². The first kappa shape index (κ1) is 13.6. The topological polar surface area (TPSA) is 23.5 Å². The molecule has 0 saturated heterocycles. The van der Waals surface area contributed by atoms with Gasteiger partial charge in [0.05, 0.1) is 6.10 Å². The summed E-state index contributed by atoms with van der Waals surface area (Å²) in [5, 5.41) is 9.47. The van der Waals surface area contributed by atoms with Crippen LogP contribution in [0.4, 0.5) is 10.1 Å². The summed E-state index contributed by atoms with van der Waals surface area (Å²) in [6, 6.07) is 14.3. The lowest BCUT2D eigenvalue weighted by Gasteiger charge is -2.20. The fourth-order valence-electron chi connectivity index (χ4n) is 1.96. The van der Waals surface area contributed by atoms with Gasteiger partial charge < -0.3 is 10.0 Å². The van der Waals surface area contributed by atoms with Gasteiger partial charge in [0.1, 0.15) is 5.82 Å². The molecular formula is C16H18FNO. The van der Waals surface area contributed by atoms with E-state index < -0.39 is 6.10 Å². The van der Waals surface area contributed by atoms with Gasteiger partial charge in [0.15, 0.2) is 0 Å². The first-order valence-electron chi connectivity index (χ1n) is 6.30. The lowest BCUT2D eigenvalue weighted by molar-refractivity contribution is 0.199. The molecule has 1 atom stereocenters. The zero-order valence-corrected chi connectivity index (χ0v) is 11.2. The highest BCUT2D eigenvalue weighted by Crippen LogP contribution is 2.19. The third-order valence-electron chi connectivity index (χ3n) is 3.15. The highest BCUT2D eigenvalue weighted by atomic mass is 19.1. The Bertz CT molecular complexity index is 519. The fourth-order valence-corrected chi connectivity index (χ4v) is 1.96. The van der Waals surface area contributed by atoms with Crippen LogP contribution in [-0.2, 0) is 6.54 Å². The van der Waals surface area contributed by atoms with Crippen molar-refractivity contribution in [1.29, 1.82) is 0 Å². The Kier molecular flexibility index (Phi) is 4.17. The smallest absolute Gasteiger partial charge is 0.123 e. The van der Waals surface area contributed by atoms with Gasteiger partial charge in [0, 0.05) is 19.3 Å². The summed E-state index contributed by atoms with van der Waals surface area (Å²) < 4.78 is 12.8. The van der Waals surface area contributed by atoms with Gasteiger partial charge in [0.2, 0.25) is 0 Å². The van der Waals surface area contributed by atoms with Crippen molar-refractivity contribution < 1.29 is 9.50 Å². The summed E-state index contributed by atoms with van der Waals surface area (Å²) in [5.74, 6) is -0.215. The summed E-state index contributed by atoms with van der Waals surface area (Å²) in [6.07, 6.45) is -0.448.